The minimum absolute atomic E-state index is 0.363. The average Bonchev–Trinajstić information content (AvgIpc) is 3.26. The summed E-state index contributed by atoms with van der Waals surface area (Å²) in [4.78, 5) is 2.24. The highest BCUT2D eigenvalue weighted by Gasteiger charge is 2.32. The highest BCUT2D eigenvalue weighted by Crippen LogP contribution is 2.35. The third kappa shape index (κ3) is 4.46. The SMILES string of the molecule is COCCN(CC(N)c1ccc(F)cc1F)C(C)C1CC1. The van der Waals surface area contributed by atoms with Crippen LogP contribution < -0.4 is 5.73 Å². The minimum Gasteiger partial charge on any atom is -0.383 e. The molecule has 5 heteroatoms. The maximum Gasteiger partial charge on any atom is 0.130 e. The standard InChI is InChI=1S/C16H24F2N2O/c1-11(12-3-4-12)20(7-8-21-2)10-16(19)14-6-5-13(17)9-15(14)18/h5-6,9,11-12,16H,3-4,7-8,10,19H2,1-2H3. The zero-order chi connectivity index (χ0) is 15.4. The van der Waals surface area contributed by atoms with E-state index in [0.717, 1.165) is 12.6 Å². The molecular weight excluding hydrogens is 274 g/mol. The van der Waals surface area contributed by atoms with Gasteiger partial charge >= 0.3 is 0 Å². The molecule has 2 rings (SSSR count). The molecule has 0 radical (unpaired) electrons. The first-order chi connectivity index (χ1) is 10.0. The number of methoxy groups -OCH3 is 1. The molecule has 0 saturated heterocycles. The van der Waals surface area contributed by atoms with Crippen molar-refractivity contribution in [1.82, 2.24) is 4.90 Å². The smallest absolute Gasteiger partial charge is 0.130 e. The quantitative estimate of drug-likeness (QED) is 0.802. The number of hydrogen-bond acceptors (Lipinski definition) is 3. The molecule has 1 saturated carbocycles. The van der Waals surface area contributed by atoms with Gasteiger partial charge in [-0.25, -0.2) is 8.78 Å². The summed E-state index contributed by atoms with van der Waals surface area (Å²) in [6, 6.07) is 3.52. The molecule has 0 heterocycles. The number of hydrogen-bond donors (Lipinski definition) is 1. The van der Waals surface area contributed by atoms with Crippen molar-refractivity contribution < 1.29 is 13.5 Å². The number of ether oxygens (including phenoxy) is 1. The van der Waals surface area contributed by atoms with E-state index in [2.05, 4.69) is 11.8 Å². The summed E-state index contributed by atoms with van der Waals surface area (Å²) in [5.74, 6) is -0.452. The highest BCUT2D eigenvalue weighted by molar-refractivity contribution is 5.22. The number of nitrogens with two attached hydrogens (primary N) is 1. The van der Waals surface area contributed by atoms with Crippen molar-refractivity contribution >= 4 is 0 Å². The fraction of sp³-hybridized carbons (Fsp3) is 0.625. The molecule has 0 amide bonds. The van der Waals surface area contributed by atoms with Crippen molar-refractivity contribution in [1.29, 1.82) is 0 Å². The zero-order valence-electron chi connectivity index (χ0n) is 12.7. The Balaban J connectivity index is 2.03. The molecule has 1 aliphatic carbocycles. The van der Waals surface area contributed by atoms with E-state index in [4.69, 9.17) is 10.5 Å². The molecule has 1 aromatic carbocycles. The highest BCUT2D eigenvalue weighted by atomic mass is 19.1. The van der Waals surface area contributed by atoms with Gasteiger partial charge in [-0.3, -0.25) is 4.90 Å². The van der Waals surface area contributed by atoms with Crippen molar-refractivity contribution in [3.05, 3.63) is 35.4 Å². The van der Waals surface area contributed by atoms with Crippen LogP contribution in [0.2, 0.25) is 0 Å². The summed E-state index contributed by atoms with van der Waals surface area (Å²) in [5.41, 5.74) is 6.49. The fourth-order valence-corrected chi connectivity index (χ4v) is 2.70. The molecule has 2 atom stereocenters. The second kappa shape index (κ2) is 7.29. The lowest BCUT2D eigenvalue weighted by Gasteiger charge is -2.31. The van der Waals surface area contributed by atoms with Gasteiger partial charge in [0.25, 0.3) is 0 Å². The molecule has 0 bridgehead atoms. The molecule has 1 aliphatic rings. The number of halogens is 2. The first-order valence-corrected chi connectivity index (χ1v) is 7.46. The van der Waals surface area contributed by atoms with Crippen LogP contribution in [0.3, 0.4) is 0 Å². The van der Waals surface area contributed by atoms with Gasteiger partial charge in [0.05, 0.1) is 6.61 Å². The van der Waals surface area contributed by atoms with E-state index >= 15 is 0 Å². The first kappa shape index (κ1) is 16.3. The van der Waals surface area contributed by atoms with Crippen molar-refractivity contribution in [2.45, 2.75) is 31.8 Å². The van der Waals surface area contributed by atoms with Gasteiger partial charge in [-0.05, 0) is 31.7 Å². The molecule has 0 aromatic heterocycles. The third-order valence-electron chi connectivity index (χ3n) is 4.26. The van der Waals surface area contributed by atoms with Gasteiger partial charge in [0.2, 0.25) is 0 Å². The van der Waals surface area contributed by atoms with Crippen LogP contribution in [-0.2, 0) is 4.74 Å². The Labute approximate surface area is 125 Å². The van der Waals surface area contributed by atoms with Crippen LogP contribution in [0, 0.1) is 17.6 Å². The van der Waals surface area contributed by atoms with Crippen LogP contribution in [-0.4, -0.2) is 37.7 Å². The molecule has 1 aromatic rings. The van der Waals surface area contributed by atoms with Gasteiger partial charge in [0, 0.05) is 43.9 Å². The van der Waals surface area contributed by atoms with Gasteiger partial charge in [0.15, 0.2) is 0 Å². The Bertz CT molecular complexity index is 466. The largest absolute Gasteiger partial charge is 0.383 e. The molecular formula is C16H24F2N2O. The van der Waals surface area contributed by atoms with Crippen molar-refractivity contribution in [2.75, 3.05) is 26.8 Å². The summed E-state index contributed by atoms with van der Waals surface area (Å²) in [6.45, 7) is 4.12. The lowest BCUT2D eigenvalue weighted by atomic mass is 10.0. The molecule has 1 fully saturated rings. The molecule has 0 aliphatic heterocycles. The van der Waals surface area contributed by atoms with E-state index in [9.17, 15) is 8.78 Å². The van der Waals surface area contributed by atoms with Crippen LogP contribution in [0.25, 0.3) is 0 Å². The molecule has 21 heavy (non-hydrogen) atoms. The summed E-state index contributed by atoms with van der Waals surface area (Å²) >= 11 is 0. The lowest BCUT2D eigenvalue weighted by Crippen LogP contribution is -2.41. The van der Waals surface area contributed by atoms with E-state index in [-0.39, 0.29) is 0 Å². The van der Waals surface area contributed by atoms with E-state index in [1.807, 2.05) is 0 Å². The fourth-order valence-electron chi connectivity index (χ4n) is 2.70. The summed E-state index contributed by atoms with van der Waals surface area (Å²) in [7, 11) is 1.67. The summed E-state index contributed by atoms with van der Waals surface area (Å²) in [6.07, 6.45) is 2.48. The van der Waals surface area contributed by atoms with Crippen molar-refractivity contribution in [3.63, 3.8) is 0 Å². The number of nitrogens with zero attached hydrogens (tertiary/aromatic N) is 1. The van der Waals surface area contributed by atoms with Crippen LogP contribution in [0.5, 0.6) is 0 Å². The monoisotopic (exact) mass is 298 g/mol. The molecule has 3 nitrogen and oxygen atoms in total. The van der Waals surface area contributed by atoms with E-state index in [0.29, 0.717) is 30.7 Å². The molecule has 2 unspecified atom stereocenters. The number of benzene rings is 1. The second-order valence-electron chi connectivity index (χ2n) is 5.84. The Kier molecular flexibility index (Phi) is 5.67. The predicted molar refractivity (Wildman–Crippen MR) is 78.9 cm³/mol. The summed E-state index contributed by atoms with van der Waals surface area (Å²) in [5, 5.41) is 0. The van der Waals surface area contributed by atoms with Gasteiger partial charge in [-0.15, -0.1) is 0 Å². The van der Waals surface area contributed by atoms with E-state index in [1.165, 1.54) is 25.0 Å². The molecule has 0 spiro atoms. The minimum atomic E-state index is -0.578. The summed E-state index contributed by atoms with van der Waals surface area (Å²) < 4.78 is 31.9. The second-order valence-corrected chi connectivity index (χ2v) is 5.84. The topological polar surface area (TPSA) is 38.5 Å². The maximum atomic E-state index is 13.8. The van der Waals surface area contributed by atoms with Crippen LogP contribution in [0.1, 0.15) is 31.4 Å². The van der Waals surface area contributed by atoms with Crippen LogP contribution >= 0.6 is 0 Å². The number of rotatable bonds is 8. The normalized spacial score (nSPS) is 18.0. The zero-order valence-corrected chi connectivity index (χ0v) is 12.7. The van der Waals surface area contributed by atoms with E-state index in [1.54, 1.807) is 7.11 Å². The average molecular weight is 298 g/mol. The first-order valence-electron chi connectivity index (χ1n) is 7.46. The lowest BCUT2D eigenvalue weighted by molar-refractivity contribution is 0.111. The molecule has 118 valence electrons. The van der Waals surface area contributed by atoms with Crippen molar-refractivity contribution in [2.24, 2.45) is 11.7 Å². The predicted octanol–water partition coefficient (Wildman–Crippen LogP) is 2.71. The van der Waals surface area contributed by atoms with Crippen LogP contribution in [0.15, 0.2) is 18.2 Å². The van der Waals surface area contributed by atoms with Gasteiger partial charge in [0.1, 0.15) is 11.6 Å². The Morgan fingerprint density at radius 3 is 2.67 bits per heavy atom. The Hall–Kier alpha value is -1.04. The van der Waals surface area contributed by atoms with Gasteiger partial charge in [-0.1, -0.05) is 6.07 Å². The van der Waals surface area contributed by atoms with Gasteiger partial charge < -0.3 is 10.5 Å². The van der Waals surface area contributed by atoms with Crippen LogP contribution in [0.4, 0.5) is 8.78 Å². The third-order valence-corrected chi connectivity index (χ3v) is 4.26. The maximum absolute atomic E-state index is 13.8. The Morgan fingerprint density at radius 2 is 2.10 bits per heavy atom. The van der Waals surface area contributed by atoms with Gasteiger partial charge in [-0.2, -0.15) is 0 Å². The van der Waals surface area contributed by atoms with Crippen molar-refractivity contribution in [3.8, 4) is 0 Å². The molecule has 2 N–H and O–H groups in total. The van der Waals surface area contributed by atoms with E-state index < -0.39 is 17.7 Å². The Morgan fingerprint density at radius 1 is 1.38 bits per heavy atom.